The molecule has 8 nitrogen and oxygen atoms in total. The fourth-order valence-electron chi connectivity index (χ4n) is 2.45. The van der Waals surface area contributed by atoms with Crippen LogP contribution in [0.4, 0.5) is 0 Å². The number of aryl methyl sites for hydroxylation is 1. The molecule has 0 aliphatic rings. The van der Waals surface area contributed by atoms with E-state index in [2.05, 4.69) is 51.1 Å². The molecule has 3 heterocycles. The second kappa shape index (κ2) is 8.28. The van der Waals surface area contributed by atoms with Gasteiger partial charge in [-0.3, -0.25) is 4.57 Å². The highest BCUT2D eigenvalue weighted by atomic mass is 32.2. The molecule has 3 aromatic heterocycles. The fourth-order valence-corrected chi connectivity index (χ4v) is 3.33. The van der Waals surface area contributed by atoms with Crippen LogP contribution in [0.5, 0.6) is 0 Å². The van der Waals surface area contributed by atoms with Crippen LogP contribution in [0.15, 0.2) is 28.0 Å². The highest BCUT2D eigenvalue weighted by molar-refractivity contribution is 7.98. The van der Waals surface area contributed by atoms with E-state index in [9.17, 15) is 0 Å². The number of hydrogen-bond acceptors (Lipinski definition) is 7. The van der Waals surface area contributed by atoms with Crippen molar-refractivity contribution >= 4 is 11.8 Å². The van der Waals surface area contributed by atoms with Crippen molar-refractivity contribution in [3.8, 4) is 11.6 Å². The Labute approximate surface area is 151 Å². The predicted octanol–water partition coefficient (Wildman–Crippen LogP) is 3.27. The van der Waals surface area contributed by atoms with Gasteiger partial charge in [-0.1, -0.05) is 39.0 Å². The van der Waals surface area contributed by atoms with Gasteiger partial charge in [0.15, 0.2) is 22.6 Å². The summed E-state index contributed by atoms with van der Waals surface area (Å²) in [6.07, 6.45) is 3.83. The molecule has 0 bridgehead atoms. The molecule has 3 rings (SSSR count). The van der Waals surface area contributed by atoms with Gasteiger partial charge in [0.2, 0.25) is 0 Å². The van der Waals surface area contributed by atoms with Gasteiger partial charge in [0.25, 0.3) is 0 Å². The van der Waals surface area contributed by atoms with Crippen molar-refractivity contribution in [1.82, 2.24) is 35.0 Å². The second-order valence-electron chi connectivity index (χ2n) is 6.25. The van der Waals surface area contributed by atoms with E-state index in [0.717, 1.165) is 48.5 Å². The molecule has 0 N–H and O–H groups in total. The van der Waals surface area contributed by atoms with Crippen molar-refractivity contribution in [1.29, 1.82) is 0 Å². The lowest BCUT2D eigenvalue weighted by Gasteiger charge is -2.11. The lowest BCUT2D eigenvalue weighted by Crippen LogP contribution is -2.08. The first-order valence-corrected chi connectivity index (χ1v) is 9.52. The highest BCUT2D eigenvalue weighted by Gasteiger charge is 2.18. The molecule has 0 amide bonds. The van der Waals surface area contributed by atoms with Gasteiger partial charge >= 0.3 is 0 Å². The number of unbranched alkanes of at least 4 members (excludes halogenated alkanes) is 1. The SMILES string of the molecule is CCCCn1nnnc1CSc1nnc(-c2ccco2)n1CC(C)C. The van der Waals surface area contributed by atoms with Gasteiger partial charge in [-0.05, 0) is 34.9 Å². The maximum atomic E-state index is 5.50. The van der Waals surface area contributed by atoms with Crippen LogP contribution < -0.4 is 0 Å². The summed E-state index contributed by atoms with van der Waals surface area (Å²) >= 11 is 1.60. The van der Waals surface area contributed by atoms with Crippen molar-refractivity contribution < 1.29 is 4.42 Å². The third-order valence-electron chi connectivity index (χ3n) is 3.67. The predicted molar refractivity (Wildman–Crippen MR) is 94.8 cm³/mol. The van der Waals surface area contributed by atoms with E-state index in [0.29, 0.717) is 11.7 Å². The summed E-state index contributed by atoms with van der Waals surface area (Å²) < 4.78 is 9.47. The quantitative estimate of drug-likeness (QED) is 0.540. The Morgan fingerprint density at radius 2 is 2.12 bits per heavy atom. The molecule has 0 atom stereocenters. The van der Waals surface area contributed by atoms with E-state index in [1.165, 1.54) is 0 Å². The largest absolute Gasteiger partial charge is 0.461 e. The fraction of sp³-hybridized carbons (Fsp3) is 0.562. The summed E-state index contributed by atoms with van der Waals surface area (Å²) in [6.45, 7) is 8.17. The van der Waals surface area contributed by atoms with Crippen molar-refractivity contribution in [2.45, 2.75) is 57.6 Å². The number of furan rings is 1. The average molecular weight is 361 g/mol. The van der Waals surface area contributed by atoms with Crippen molar-refractivity contribution in [3.05, 3.63) is 24.2 Å². The van der Waals surface area contributed by atoms with E-state index >= 15 is 0 Å². The Morgan fingerprint density at radius 3 is 2.84 bits per heavy atom. The first-order valence-electron chi connectivity index (χ1n) is 8.54. The molecule has 0 fully saturated rings. The highest BCUT2D eigenvalue weighted by Crippen LogP contribution is 2.27. The van der Waals surface area contributed by atoms with Crippen LogP contribution in [-0.4, -0.2) is 35.0 Å². The summed E-state index contributed by atoms with van der Waals surface area (Å²) in [4.78, 5) is 0. The first-order chi connectivity index (χ1) is 12.2. The first kappa shape index (κ1) is 17.7. The molecule has 0 aliphatic carbocycles. The van der Waals surface area contributed by atoms with Crippen molar-refractivity contribution in [3.63, 3.8) is 0 Å². The lowest BCUT2D eigenvalue weighted by molar-refractivity contribution is 0.489. The lowest BCUT2D eigenvalue weighted by atomic mass is 10.2. The average Bonchev–Trinajstić information content (AvgIpc) is 3.31. The van der Waals surface area contributed by atoms with Gasteiger partial charge in [-0.25, -0.2) is 4.68 Å². The van der Waals surface area contributed by atoms with Crippen LogP contribution in [0.3, 0.4) is 0 Å². The van der Waals surface area contributed by atoms with Crippen molar-refractivity contribution in [2.75, 3.05) is 0 Å². The molecule has 0 aliphatic heterocycles. The number of thioether (sulfide) groups is 1. The Balaban J connectivity index is 1.77. The molecule has 9 heteroatoms. The Kier molecular flexibility index (Phi) is 5.85. The van der Waals surface area contributed by atoms with Gasteiger partial charge in [-0.2, -0.15) is 0 Å². The number of aromatic nitrogens is 7. The molecule has 134 valence electrons. The number of nitrogens with zero attached hydrogens (tertiary/aromatic N) is 7. The standard InChI is InChI=1S/C16H23N7OS/c1-4-5-8-23-14(17-20-21-23)11-25-16-19-18-15(13-7-6-9-24-13)22(16)10-12(2)3/h6-7,9,12H,4-5,8,10-11H2,1-3H3. The third kappa shape index (κ3) is 4.28. The van der Waals surface area contributed by atoms with Crippen LogP contribution in [-0.2, 0) is 18.8 Å². The Bertz CT molecular complexity index is 778. The maximum Gasteiger partial charge on any atom is 0.200 e. The topological polar surface area (TPSA) is 87.4 Å². The van der Waals surface area contributed by atoms with E-state index in [-0.39, 0.29) is 0 Å². The molecule has 0 aromatic carbocycles. The zero-order valence-corrected chi connectivity index (χ0v) is 15.6. The summed E-state index contributed by atoms with van der Waals surface area (Å²) in [6, 6.07) is 3.76. The van der Waals surface area contributed by atoms with Gasteiger partial charge < -0.3 is 4.42 Å². The molecule has 0 spiro atoms. The molecule has 0 radical (unpaired) electrons. The van der Waals surface area contributed by atoms with Gasteiger partial charge in [0.05, 0.1) is 12.0 Å². The van der Waals surface area contributed by atoms with E-state index in [4.69, 9.17) is 4.42 Å². The molecule has 0 saturated heterocycles. The molecule has 0 unspecified atom stereocenters. The summed E-state index contributed by atoms with van der Waals surface area (Å²) in [5.41, 5.74) is 0. The third-order valence-corrected chi connectivity index (χ3v) is 4.63. The van der Waals surface area contributed by atoms with Gasteiger partial charge in [-0.15, -0.1) is 15.3 Å². The molecular formula is C16H23N7OS. The monoisotopic (exact) mass is 361 g/mol. The molecule has 0 saturated carbocycles. The van der Waals surface area contributed by atoms with Crippen LogP contribution >= 0.6 is 11.8 Å². The molecular weight excluding hydrogens is 338 g/mol. The minimum atomic E-state index is 0.471. The van der Waals surface area contributed by atoms with E-state index in [1.54, 1.807) is 18.0 Å². The number of rotatable bonds is 9. The van der Waals surface area contributed by atoms with Crippen molar-refractivity contribution in [2.24, 2.45) is 5.92 Å². The zero-order chi connectivity index (χ0) is 17.6. The minimum absolute atomic E-state index is 0.471. The minimum Gasteiger partial charge on any atom is -0.461 e. The van der Waals surface area contributed by atoms with Gasteiger partial charge in [0, 0.05) is 13.1 Å². The van der Waals surface area contributed by atoms with E-state index in [1.807, 2.05) is 16.8 Å². The normalized spacial score (nSPS) is 11.5. The summed E-state index contributed by atoms with van der Waals surface area (Å²) in [7, 11) is 0. The maximum absolute atomic E-state index is 5.50. The van der Waals surface area contributed by atoms with Crippen LogP contribution in [0.1, 0.15) is 39.4 Å². The van der Waals surface area contributed by atoms with E-state index < -0.39 is 0 Å². The molecule has 3 aromatic rings. The van der Waals surface area contributed by atoms with Gasteiger partial charge in [0.1, 0.15) is 0 Å². The molecule has 25 heavy (non-hydrogen) atoms. The zero-order valence-electron chi connectivity index (χ0n) is 14.8. The summed E-state index contributed by atoms with van der Waals surface area (Å²) in [5, 5.41) is 21.5. The Morgan fingerprint density at radius 1 is 1.24 bits per heavy atom. The van der Waals surface area contributed by atoms with Crippen LogP contribution in [0, 0.1) is 5.92 Å². The number of hydrogen-bond donors (Lipinski definition) is 0. The summed E-state index contributed by atoms with van der Waals surface area (Å²) in [5.74, 6) is 3.47. The number of tetrazole rings is 1. The second-order valence-corrected chi connectivity index (χ2v) is 7.19. The van der Waals surface area contributed by atoms with Crippen LogP contribution in [0.25, 0.3) is 11.6 Å². The smallest absolute Gasteiger partial charge is 0.200 e. The Hall–Kier alpha value is -2.16. The van der Waals surface area contributed by atoms with Crippen LogP contribution in [0.2, 0.25) is 0 Å².